The van der Waals surface area contributed by atoms with Crippen molar-refractivity contribution < 1.29 is 9.59 Å². The summed E-state index contributed by atoms with van der Waals surface area (Å²) in [6.07, 6.45) is 6.61. The van der Waals surface area contributed by atoms with Crippen LogP contribution in [0.3, 0.4) is 0 Å². The van der Waals surface area contributed by atoms with Crippen LogP contribution in [0.2, 0.25) is 0 Å². The molecule has 0 radical (unpaired) electrons. The molecule has 2 aromatic heterocycles. The highest BCUT2D eigenvalue weighted by Crippen LogP contribution is 2.35. The molecule has 0 atom stereocenters. The summed E-state index contributed by atoms with van der Waals surface area (Å²) in [6, 6.07) is 3.53. The second-order valence-corrected chi connectivity index (χ2v) is 7.77. The fourth-order valence-corrected chi connectivity index (χ4v) is 4.61. The van der Waals surface area contributed by atoms with Crippen LogP contribution in [0.15, 0.2) is 28.7 Å². The summed E-state index contributed by atoms with van der Waals surface area (Å²) in [4.78, 5) is 32.1. The summed E-state index contributed by atoms with van der Waals surface area (Å²) < 4.78 is 0. The van der Waals surface area contributed by atoms with Crippen molar-refractivity contribution in [3.05, 3.63) is 35.0 Å². The first-order valence-corrected chi connectivity index (χ1v) is 9.53. The monoisotopic (exact) mass is 362 g/mol. The molecule has 3 N–H and O–H groups in total. The van der Waals surface area contributed by atoms with E-state index in [4.69, 9.17) is 5.73 Å². The summed E-state index contributed by atoms with van der Waals surface area (Å²) in [5.74, 6) is -0.677. The van der Waals surface area contributed by atoms with E-state index in [-0.39, 0.29) is 12.3 Å². The number of anilines is 1. The minimum atomic E-state index is -0.444. The Morgan fingerprint density at radius 3 is 2.92 bits per heavy atom. The van der Waals surface area contributed by atoms with E-state index in [0.717, 1.165) is 5.03 Å². The average molecular weight is 362 g/mol. The molecule has 126 valence electrons. The lowest BCUT2D eigenvalue weighted by Gasteiger charge is -2.11. The Morgan fingerprint density at radius 1 is 1.38 bits per heavy atom. The predicted molar refractivity (Wildman–Crippen MR) is 95.3 cm³/mol. The molecule has 2 heterocycles. The van der Waals surface area contributed by atoms with Gasteiger partial charge in [-0.3, -0.25) is 14.9 Å². The molecule has 3 rings (SSSR count). The lowest BCUT2D eigenvalue weighted by Crippen LogP contribution is -2.15. The van der Waals surface area contributed by atoms with Crippen LogP contribution in [0.25, 0.3) is 0 Å². The van der Waals surface area contributed by atoms with Gasteiger partial charge < -0.3 is 5.73 Å². The Hall–Kier alpha value is -1.93. The molecule has 1 fully saturated rings. The van der Waals surface area contributed by atoms with Gasteiger partial charge in [-0.15, -0.1) is 23.1 Å². The first kappa shape index (κ1) is 16.9. The van der Waals surface area contributed by atoms with Crippen LogP contribution >= 0.6 is 23.1 Å². The Morgan fingerprint density at radius 2 is 2.17 bits per heavy atom. The van der Waals surface area contributed by atoms with Crippen molar-refractivity contribution >= 4 is 40.0 Å². The van der Waals surface area contributed by atoms with Gasteiger partial charge in [-0.1, -0.05) is 12.8 Å². The lowest BCUT2D eigenvalue weighted by atomic mass is 10.3. The molecule has 2 aromatic rings. The maximum Gasteiger partial charge on any atom is 0.260 e. The number of nitrogens with one attached hydrogen (secondary N) is 1. The molecule has 0 bridgehead atoms. The first-order valence-electron chi connectivity index (χ1n) is 7.77. The number of nitrogens with two attached hydrogens (primary N) is 1. The Kier molecular flexibility index (Phi) is 5.47. The average Bonchev–Trinajstić information content (AvgIpc) is 3.19. The number of pyridine rings is 1. The third-order valence-electron chi connectivity index (χ3n) is 3.72. The quantitative estimate of drug-likeness (QED) is 0.823. The summed E-state index contributed by atoms with van der Waals surface area (Å²) in [5.41, 5.74) is 6.27. The van der Waals surface area contributed by atoms with Gasteiger partial charge in [0, 0.05) is 16.8 Å². The molecular formula is C16H18N4O2S2. The summed E-state index contributed by atoms with van der Waals surface area (Å²) in [7, 11) is 0. The Labute approximate surface area is 148 Å². The minimum absolute atomic E-state index is 0.0715. The molecule has 2 amide bonds. The van der Waals surface area contributed by atoms with E-state index in [1.807, 2.05) is 0 Å². The largest absolute Gasteiger partial charge is 0.369 e. The molecule has 0 aromatic carbocycles. The maximum absolute atomic E-state index is 12.6. The Balaban J connectivity index is 1.70. The van der Waals surface area contributed by atoms with E-state index in [1.165, 1.54) is 37.0 Å². The van der Waals surface area contributed by atoms with Gasteiger partial charge >= 0.3 is 0 Å². The smallest absolute Gasteiger partial charge is 0.260 e. The van der Waals surface area contributed by atoms with Gasteiger partial charge in [0.25, 0.3) is 5.91 Å². The van der Waals surface area contributed by atoms with E-state index in [1.54, 1.807) is 35.5 Å². The highest BCUT2D eigenvalue weighted by molar-refractivity contribution is 7.99. The van der Waals surface area contributed by atoms with Gasteiger partial charge in [0.05, 0.1) is 17.7 Å². The van der Waals surface area contributed by atoms with E-state index in [0.29, 0.717) is 21.6 Å². The molecule has 8 heteroatoms. The van der Waals surface area contributed by atoms with Gasteiger partial charge in [-0.25, -0.2) is 9.97 Å². The molecule has 1 saturated carbocycles. The van der Waals surface area contributed by atoms with Gasteiger partial charge in [-0.2, -0.15) is 0 Å². The number of hydrogen-bond acceptors (Lipinski definition) is 6. The highest BCUT2D eigenvalue weighted by atomic mass is 32.2. The number of primary amides is 1. The number of nitrogens with zero attached hydrogens (tertiary/aromatic N) is 2. The number of hydrogen-bond donors (Lipinski definition) is 2. The molecule has 6 nitrogen and oxygen atoms in total. The zero-order valence-corrected chi connectivity index (χ0v) is 14.7. The fourth-order valence-electron chi connectivity index (χ4n) is 2.61. The van der Waals surface area contributed by atoms with Crippen LogP contribution in [0, 0.1) is 0 Å². The van der Waals surface area contributed by atoms with Crippen LogP contribution in [-0.2, 0) is 11.2 Å². The molecule has 24 heavy (non-hydrogen) atoms. The van der Waals surface area contributed by atoms with Crippen LogP contribution in [0.4, 0.5) is 5.13 Å². The van der Waals surface area contributed by atoms with Crippen molar-refractivity contribution in [3.63, 3.8) is 0 Å². The van der Waals surface area contributed by atoms with Crippen molar-refractivity contribution in [1.82, 2.24) is 9.97 Å². The molecule has 0 aliphatic heterocycles. The molecule has 1 aliphatic rings. The first-order chi connectivity index (χ1) is 11.6. The molecular weight excluding hydrogens is 344 g/mol. The number of carbonyl (C=O) groups is 2. The summed E-state index contributed by atoms with van der Waals surface area (Å²) >= 11 is 2.96. The number of carbonyl (C=O) groups excluding carboxylic acids is 2. The zero-order chi connectivity index (χ0) is 16.9. The van der Waals surface area contributed by atoms with Crippen molar-refractivity contribution in [3.8, 4) is 0 Å². The van der Waals surface area contributed by atoms with E-state index in [2.05, 4.69) is 15.3 Å². The van der Waals surface area contributed by atoms with Crippen molar-refractivity contribution in [1.29, 1.82) is 0 Å². The topological polar surface area (TPSA) is 98.0 Å². The minimum Gasteiger partial charge on any atom is -0.369 e. The van der Waals surface area contributed by atoms with Gasteiger partial charge in [0.2, 0.25) is 5.91 Å². The second-order valence-electron chi connectivity index (χ2n) is 5.62. The number of rotatable bonds is 6. The van der Waals surface area contributed by atoms with Crippen molar-refractivity contribution in [2.24, 2.45) is 5.73 Å². The van der Waals surface area contributed by atoms with Gasteiger partial charge in [0.1, 0.15) is 5.03 Å². The molecule has 1 aliphatic carbocycles. The van der Waals surface area contributed by atoms with Gasteiger partial charge in [-0.05, 0) is 25.0 Å². The number of thioether (sulfide) groups is 1. The molecule has 0 unspecified atom stereocenters. The van der Waals surface area contributed by atoms with Gasteiger partial charge in [0.15, 0.2) is 5.13 Å². The summed E-state index contributed by atoms with van der Waals surface area (Å²) in [6.45, 7) is 0. The third-order valence-corrected chi connectivity index (χ3v) is 5.88. The van der Waals surface area contributed by atoms with Crippen molar-refractivity contribution in [2.45, 2.75) is 42.4 Å². The van der Waals surface area contributed by atoms with E-state index in [9.17, 15) is 9.59 Å². The summed E-state index contributed by atoms with van der Waals surface area (Å²) in [5, 5.41) is 6.25. The predicted octanol–water partition coefficient (Wildman–Crippen LogP) is 2.85. The third kappa shape index (κ3) is 4.33. The van der Waals surface area contributed by atoms with Crippen LogP contribution in [0.5, 0.6) is 0 Å². The maximum atomic E-state index is 12.6. The number of thiazole rings is 1. The molecule has 0 saturated heterocycles. The van der Waals surface area contributed by atoms with Crippen molar-refractivity contribution in [2.75, 3.05) is 5.32 Å². The lowest BCUT2D eigenvalue weighted by molar-refractivity contribution is -0.117. The van der Waals surface area contributed by atoms with Crippen LogP contribution in [-0.4, -0.2) is 27.0 Å². The second kappa shape index (κ2) is 7.76. The number of amides is 2. The van der Waals surface area contributed by atoms with E-state index >= 15 is 0 Å². The SMILES string of the molecule is NC(=O)Cc1csc(NC(=O)c2cccnc2SC2CCCC2)n1. The number of aromatic nitrogens is 2. The normalized spacial score (nSPS) is 14.7. The van der Waals surface area contributed by atoms with Crippen LogP contribution < -0.4 is 11.1 Å². The van der Waals surface area contributed by atoms with Crippen LogP contribution in [0.1, 0.15) is 41.7 Å². The zero-order valence-electron chi connectivity index (χ0n) is 13.0. The Bertz CT molecular complexity index is 741. The standard InChI is InChI=1S/C16H18N4O2S2/c17-13(21)8-10-9-23-16(19-10)20-14(22)12-6-3-7-18-15(12)24-11-4-1-2-5-11/h3,6-7,9,11H,1-2,4-5,8H2,(H2,17,21)(H,19,20,22). The van der Waals surface area contributed by atoms with E-state index < -0.39 is 5.91 Å². The fraction of sp³-hybridized carbons (Fsp3) is 0.375. The highest BCUT2D eigenvalue weighted by Gasteiger charge is 2.21. The molecule has 0 spiro atoms.